The van der Waals surface area contributed by atoms with Crippen LogP contribution in [-0.2, 0) is 14.3 Å². The van der Waals surface area contributed by atoms with Crippen LogP contribution in [0.3, 0.4) is 0 Å². The van der Waals surface area contributed by atoms with Gasteiger partial charge < -0.3 is 30.5 Å². The lowest BCUT2D eigenvalue weighted by atomic mass is 9.96. The number of ether oxygens (including phenoxy) is 2. The van der Waals surface area contributed by atoms with E-state index in [1.807, 2.05) is 0 Å². The van der Waals surface area contributed by atoms with E-state index in [0.717, 1.165) is 12.8 Å². The van der Waals surface area contributed by atoms with Gasteiger partial charge in [0.15, 0.2) is 0 Å². The van der Waals surface area contributed by atoms with Crippen LogP contribution in [0.5, 0.6) is 0 Å². The Hall–Kier alpha value is -2.23. The number of rotatable bonds is 7. The van der Waals surface area contributed by atoms with Crippen molar-refractivity contribution in [2.24, 2.45) is 5.92 Å². The number of aliphatic hydroxyl groups is 1. The Morgan fingerprint density at radius 2 is 1.90 bits per heavy atom. The van der Waals surface area contributed by atoms with Crippen molar-refractivity contribution >= 4 is 17.6 Å². The number of aliphatic hydroxyl groups excluding tert-OH is 1. The molecular formula is C21H30FN3O5. The summed E-state index contributed by atoms with van der Waals surface area (Å²) >= 11 is 0. The largest absolute Gasteiger partial charge is 0.394 e. The van der Waals surface area contributed by atoms with Gasteiger partial charge in [-0.15, -0.1) is 0 Å². The quantitative estimate of drug-likeness (QED) is 0.535. The van der Waals surface area contributed by atoms with Crippen molar-refractivity contribution in [3.8, 4) is 0 Å². The minimum absolute atomic E-state index is 0.0118. The third-order valence-corrected chi connectivity index (χ3v) is 5.59. The highest BCUT2D eigenvalue weighted by Gasteiger charge is 2.32. The second-order valence-electron chi connectivity index (χ2n) is 7.71. The summed E-state index contributed by atoms with van der Waals surface area (Å²) in [4.78, 5) is 24.4. The smallest absolute Gasteiger partial charge is 0.319 e. The molecule has 3 amide bonds. The summed E-state index contributed by atoms with van der Waals surface area (Å²) < 4.78 is 24.9. The Morgan fingerprint density at radius 1 is 1.13 bits per heavy atom. The SMILES string of the molecule is O=C(Nc1ccccc1F)N[C@H]1CC[C@@H](CCNC(=O)C2CCOCC2)O[C@@H]1CO. The Kier molecular flexibility index (Phi) is 8.41. The van der Waals surface area contributed by atoms with Gasteiger partial charge in [-0.3, -0.25) is 4.79 Å². The minimum Gasteiger partial charge on any atom is -0.394 e. The Morgan fingerprint density at radius 3 is 2.63 bits per heavy atom. The maximum Gasteiger partial charge on any atom is 0.319 e. The topological polar surface area (TPSA) is 109 Å². The van der Waals surface area contributed by atoms with E-state index in [4.69, 9.17) is 9.47 Å². The molecule has 2 aliphatic rings. The van der Waals surface area contributed by atoms with Gasteiger partial charge in [-0.05, 0) is 44.2 Å². The van der Waals surface area contributed by atoms with Crippen LogP contribution in [0, 0.1) is 11.7 Å². The summed E-state index contributed by atoms with van der Waals surface area (Å²) in [5, 5.41) is 17.9. The molecule has 3 atom stereocenters. The van der Waals surface area contributed by atoms with Crippen LogP contribution >= 0.6 is 0 Å². The molecule has 0 bridgehead atoms. The predicted molar refractivity (Wildman–Crippen MR) is 108 cm³/mol. The summed E-state index contributed by atoms with van der Waals surface area (Å²) in [7, 11) is 0. The minimum atomic E-state index is -0.554. The molecular weight excluding hydrogens is 393 g/mol. The predicted octanol–water partition coefficient (Wildman–Crippen LogP) is 1.79. The molecule has 2 saturated heterocycles. The highest BCUT2D eigenvalue weighted by Crippen LogP contribution is 2.22. The summed E-state index contributed by atoms with van der Waals surface area (Å²) in [6.45, 7) is 1.52. The number of nitrogens with one attached hydrogen (secondary N) is 3. The van der Waals surface area contributed by atoms with Gasteiger partial charge in [0.25, 0.3) is 0 Å². The molecule has 9 heteroatoms. The fraction of sp³-hybridized carbons (Fsp3) is 0.619. The zero-order valence-corrected chi connectivity index (χ0v) is 16.9. The fourth-order valence-electron chi connectivity index (χ4n) is 3.86. The van der Waals surface area contributed by atoms with Crippen LogP contribution in [0.15, 0.2) is 24.3 Å². The highest BCUT2D eigenvalue weighted by atomic mass is 19.1. The average molecular weight is 423 g/mol. The highest BCUT2D eigenvalue weighted by molar-refractivity contribution is 5.89. The molecule has 2 aliphatic heterocycles. The van der Waals surface area contributed by atoms with Gasteiger partial charge in [-0.25, -0.2) is 9.18 Å². The molecule has 0 unspecified atom stereocenters. The zero-order valence-electron chi connectivity index (χ0n) is 16.9. The Bertz CT molecular complexity index is 714. The molecule has 4 N–H and O–H groups in total. The lowest BCUT2D eigenvalue weighted by Gasteiger charge is -2.36. The second kappa shape index (κ2) is 11.2. The van der Waals surface area contributed by atoms with Crippen molar-refractivity contribution in [1.29, 1.82) is 0 Å². The number of carbonyl (C=O) groups is 2. The van der Waals surface area contributed by atoms with Crippen LogP contribution in [0.25, 0.3) is 0 Å². The number of amides is 3. The number of benzene rings is 1. The first-order valence-electron chi connectivity index (χ1n) is 10.5. The average Bonchev–Trinajstić information content (AvgIpc) is 2.76. The molecule has 8 nitrogen and oxygen atoms in total. The molecule has 166 valence electrons. The lowest BCUT2D eigenvalue weighted by Crippen LogP contribution is -2.52. The number of carbonyl (C=O) groups excluding carboxylic acids is 2. The van der Waals surface area contributed by atoms with Crippen LogP contribution in [0.1, 0.15) is 32.1 Å². The third-order valence-electron chi connectivity index (χ3n) is 5.59. The molecule has 1 aromatic rings. The maximum absolute atomic E-state index is 13.7. The summed E-state index contributed by atoms with van der Waals surface area (Å²) in [5.74, 6) is -0.455. The summed E-state index contributed by atoms with van der Waals surface area (Å²) in [5.41, 5.74) is 0.0884. The van der Waals surface area contributed by atoms with E-state index in [1.165, 1.54) is 12.1 Å². The number of halogens is 1. The second-order valence-corrected chi connectivity index (χ2v) is 7.71. The number of urea groups is 1. The van der Waals surface area contributed by atoms with Crippen LogP contribution in [0.4, 0.5) is 14.9 Å². The fourth-order valence-corrected chi connectivity index (χ4v) is 3.86. The molecule has 2 fully saturated rings. The maximum atomic E-state index is 13.7. The summed E-state index contributed by atoms with van der Waals surface area (Å²) in [6, 6.07) is 4.98. The van der Waals surface area contributed by atoms with E-state index >= 15 is 0 Å². The van der Waals surface area contributed by atoms with E-state index in [9.17, 15) is 19.1 Å². The first-order valence-corrected chi connectivity index (χ1v) is 10.5. The van der Waals surface area contributed by atoms with E-state index in [-0.39, 0.29) is 36.3 Å². The van der Waals surface area contributed by atoms with Crippen LogP contribution in [0.2, 0.25) is 0 Å². The van der Waals surface area contributed by atoms with Gasteiger partial charge in [0.2, 0.25) is 5.91 Å². The van der Waals surface area contributed by atoms with Crippen molar-refractivity contribution in [2.75, 3.05) is 31.7 Å². The van der Waals surface area contributed by atoms with Gasteiger partial charge in [0, 0.05) is 25.7 Å². The van der Waals surface area contributed by atoms with E-state index in [2.05, 4.69) is 16.0 Å². The van der Waals surface area contributed by atoms with Crippen molar-refractivity contribution in [3.63, 3.8) is 0 Å². The van der Waals surface area contributed by atoms with Gasteiger partial charge in [0.1, 0.15) is 11.9 Å². The van der Waals surface area contributed by atoms with Crippen molar-refractivity contribution < 1.29 is 28.6 Å². The standard InChI is InChI=1S/C21H30FN3O5/c22-16-3-1-2-4-17(16)24-21(28)25-18-6-5-15(30-19(18)13-26)7-10-23-20(27)14-8-11-29-12-9-14/h1-4,14-15,18-19,26H,5-13H2,(H,23,27)(H2,24,25,28)/t15-,18-,19+/m0/s1. The Balaban J connectivity index is 1.40. The normalized spacial score (nSPS) is 24.8. The number of hydrogen-bond acceptors (Lipinski definition) is 5. The molecule has 2 heterocycles. The first-order chi connectivity index (χ1) is 14.6. The van der Waals surface area contributed by atoms with Crippen LogP contribution < -0.4 is 16.0 Å². The van der Waals surface area contributed by atoms with Gasteiger partial charge >= 0.3 is 6.03 Å². The Labute approximate surface area is 175 Å². The van der Waals surface area contributed by atoms with Crippen molar-refractivity contribution in [3.05, 3.63) is 30.1 Å². The lowest BCUT2D eigenvalue weighted by molar-refractivity contribution is -0.128. The van der Waals surface area contributed by atoms with Gasteiger partial charge in [-0.2, -0.15) is 0 Å². The van der Waals surface area contributed by atoms with E-state index in [0.29, 0.717) is 39.0 Å². The van der Waals surface area contributed by atoms with E-state index in [1.54, 1.807) is 12.1 Å². The molecule has 0 aliphatic carbocycles. The van der Waals surface area contributed by atoms with Gasteiger partial charge in [-0.1, -0.05) is 12.1 Å². The van der Waals surface area contributed by atoms with Crippen LogP contribution in [-0.4, -0.2) is 61.7 Å². The number of anilines is 1. The van der Waals surface area contributed by atoms with E-state index < -0.39 is 18.0 Å². The molecule has 3 rings (SSSR count). The third kappa shape index (κ3) is 6.38. The monoisotopic (exact) mass is 423 g/mol. The molecule has 0 aromatic heterocycles. The van der Waals surface area contributed by atoms with Crippen molar-refractivity contribution in [1.82, 2.24) is 10.6 Å². The molecule has 0 saturated carbocycles. The molecule has 0 radical (unpaired) electrons. The molecule has 30 heavy (non-hydrogen) atoms. The van der Waals surface area contributed by atoms with Crippen molar-refractivity contribution in [2.45, 2.75) is 50.4 Å². The number of hydrogen-bond donors (Lipinski definition) is 4. The first kappa shape index (κ1) is 22.5. The van der Waals surface area contributed by atoms with Gasteiger partial charge in [0.05, 0.1) is 24.4 Å². The molecule has 0 spiro atoms. The molecule has 1 aromatic carbocycles. The number of para-hydroxylation sites is 1. The summed E-state index contributed by atoms with van der Waals surface area (Å²) in [6.07, 6.45) is 2.79. The zero-order chi connectivity index (χ0) is 21.3.